The third kappa shape index (κ3) is 6.32. The molecule has 1 amide bonds. The number of aliphatic hydroxyl groups excluding tert-OH is 2. The number of amides is 1. The number of halogens is 3. The Kier molecular flexibility index (Phi) is 7.32. The van der Waals surface area contributed by atoms with Crippen LogP contribution >= 0.6 is 0 Å². The maximum Gasteiger partial charge on any atom is 0.573 e. The van der Waals surface area contributed by atoms with Crippen molar-refractivity contribution in [2.24, 2.45) is 0 Å². The first-order valence-electron chi connectivity index (χ1n) is 10.7. The Morgan fingerprint density at radius 1 is 1.18 bits per heavy atom. The second-order valence-electron chi connectivity index (χ2n) is 9.11. The molecule has 10 heteroatoms. The standard InChI is InChI=1S/C24H28F3NO6/c1-13(29)20(30)19-15(12-33-22(31)28-23(2,3)4)11-18(21-17(19)9-10-32-21)14-5-7-16(8-6-14)34-24(25,26)27/h5-8,11,13,20,29-30H,9-10,12H2,1-4H3,(H,28,31). The number of benzene rings is 2. The van der Waals surface area contributed by atoms with E-state index in [-0.39, 0.29) is 12.4 Å². The molecule has 0 bridgehead atoms. The third-order valence-electron chi connectivity index (χ3n) is 5.09. The van der Waals surface area contributed by atoms with Crippen molar-refractivity contribution in [1.82, 2.24) is 5.32 Å². The van der Waals surface area contributed by atoms with Crippen LogP contribution in [0.5, 0.6) is 11.5 Å². The topological polar surface area (TPSA) is 97.2 Å². The van der Waals surface area contributed by atoms with E-state index in [1.165, 1.54) is 31.2 Å². The summed E-state index contributed by atoms with van der Waals surface area (Å²) >= 11 is 0. The summed E-state index contributed by atoms with van der Waals surface area (Å²) in [5.41, 5.74) is 2.10. The van der Waals surface area contributed by atoms with E-state index in [2.05, 4.69) is 10.1 Å². The van der Waals surface area contributed by atoms with E-state index in [0.29, 0.717) is 46.6 Å². The van der Waals surface area contributed by atoms with E-state index < -0.39 is 30.2 Å². The molecule has 1 heterocycles. The second-order valence-corrected chi connectivity index (χ2v) is 9.11. The number of ether oxygens (including phenoxy) is 3. The molecule has 0 saturated heterocycles. The number of carbonyl (C=O) groups excluding carboxylic acids is 1. The number of alkyl halides is 3. The molecule has 2 atom stereocenters. The summed E-state index contributed by atoms with van der Waals surface area (Å²) in [6, 6.07) is 6.95. The lowest BCUT2D eigenvalue weighted by atomic mass is 9.88. The Labute approximate surface area is 195 Å². The number of aliphatic hydroxyl groups is 2. The van der Waals surface area contributed by atoms with Gasteiger partial charge in [0.25, 0.3) is 0 Å². The van der Waals surface area contributed by atoms with Gasteiger partial charge in [-0.15, -0.1) is 13.2 Å². The van der Waals surface area contributed by atoms with Crippen molar-refractivity contribution in [3.05, 3.63) is 47.0 Å². The fraction of sp³-hybridized carbons (Fsp3) is 0.458. The average molecular weight is 483 g/mol. The second kappa shape index (κ2) is 9.71. The van der Waals surface area contributed by atoms with Gasteiger partial charge in [0, 0.05) is 23.1 Å². The Bertz CT molecular complexity index is 1030. The molecular formula is C24H28F3NO6. The number of hydrogen-bond acceptors (Lipinski definition) is 6. The van der Waals surface area contributed by atoms with Crippen molar-refractivity contribution in [1.29, 1.82) is 0 Å². The fourth-order valence-electron chi connectivity index (χ4n) is 3.73. The number of rotatable bonds is 6. The molecule has 0 saturated carbocycles. The molecule has 2 aromatic rings. The van der Waals surface area contributed by atoms with E-state index in [4.69, 9.17) is 9.47 Å². The van der Waals surface area contributed by atoms with Crippen molar-refractivity contribution in [3.8, 4) is 22.6 Å². The quantitative estimate of drug-likeness (QED) is 0.555. The predicted octanol–water partition coefficient (Wildman–Crippen LogP) is 4.63. The zero-order chi connectivity index (χ0) is 25.3. The fourth-order valence-corrected chi connectivity index (χ4v) is 3.73. The summed E-state index contributed by atoms with van der Waals surface area (Å²) in [4.78, 5) is 12.2. The molecule has 0 radical (unpaired) electrons. The predicted molar refractivity (Wildman–Crippen MR) is 117 cm³/mol. The molecule has 3 N–H and O–H groups in total. The van der Waals surface area contributed by atoms with Crippen LogP contribution in [-0.4, -0.2) is 40.9 Å². The molecule has 0 fully saturated rings. The highest BCUT2D eigenvalue weighted by atomic mass is 19.4. The summed E-state index contributed by atoms with van der Waals surface area (Å²) in [5, 5.41) is 23.4. The van der Waals surface area contributed by atoms with Crippen LogP contribution in [0.3, 0.4) is 0 Å². The van der Waals surface area contributed by atoms with E-state index in [1.54, 1.807) is 26.8 Å². The van der Waals surface area contributed by atoms with Crippen LogP contribution < -0.4 is 14.8 Å². The molecule has 186 valence electrons. The monoisotopic (exact) mass is 483 g/mol. The average Bonchev–Trinajstić information content (AvgIpc) is 3.18. The van der Waals surface area contributed by atoms with Crippen molar-refractivity contribution < 1.29 is 42.4 Å². The first kappa shape index (κ1) is 25.6. The van der Waals surface area contributed by atoms with Gasteiger partial charge >= 0.3 is 12.5 Å². The third-order valence-corrected chi connectivity index (χ3v) is 5.09. The SMILES string of the molecule is CC(O)C(O)c1c(COC(=O)NC(C)(C)C)cc(-c2ccc(OC(F)(F)F)cc2)c2c1CCO2. The van der Waals surface area contributed by atoms with Gasteiger partial charge < -0.3 is 29.7 Å². The van der Waals surface area contributed by atoms with Gasteiger partial charge in [-0.05, 0) is 62.6 Å². The number of hydrogen-bond donors (Lipinski definition) is 3. The van der Waals surface area contributed by atoms with Crippen LogP contribution in [0.2, 0.25) is 0 Å². The first-order chi connectivity index (χ1) is 15.7. The highest BCUT2D eigenvalue weighted by Gasteiger charge is 2.32. The van der Waals surface area contributed by atoms with Gasteiger partial charge in [-0.3, -0.25) is 0 Å². The van der Waals surface area contributed by atoms with E-state index in [9.17, 15) is 28.2 Å². The Morgan fingerprint density at radius 2 is 1.82 bits per heavy atom. The number of nitrogens with one attached hydrogen (secondary N) is 1. The van der Waals surface area contributed by atoms with Crippen molar-refractivity contribution in [2.75, 3.05) is 6.61 Å². The summed E-state index contributed by atoms with van der Waals surface area (Å²) < 4.78 is 52.6. The maximum atomic E-state index is 12.5. The molecule has 0 aromatic heterocycles. The number of carbonyl (C=O) groups is 1. The highest BCUT2D eigenvalue weighted by molar-refractivity contribution is 5.76. The lowest BCUT2D eigenvalue weighted by Gasteiger charge is -2.24. The molecule has 2 unspecified atom stereocenters. The summed E-state index contributed by atoms with van der Waals surface area (Å²) in [5.74, 6) is 0.0967. The van der Waals surface area contributed by atoms with Crippen molar-refractivity contribution in [2.45, 2.75) is 64.8 Å². The maximum absolute atomic E-state index is 12.5. The van der Waals surface area contributed by atoms with Gasteiger partial charge in [-0.1, -0.05) is 12.1 Å². The Balaban J connectivity index is 2.02. The van der Waals surface area contributed by atoms with Crippen LogP contribution in [0.4, 0.5) is 18.0 Å². The minimum Gasteiger partial charge on any atom is -0.492 e. The lowest BCUT2D eigenvalue weighted by Crippen LogP contribution is -2.40. The van der Waals surface area contributed by atoms with Crippen LogP contribution in [0, 0.1) is 0 Å². The molecule has 1 aliphatic rings. The van der Waals surface area contributed by atoms with Crippen molar-refractivity contribution in [3.63, 3.8) is 0 Å². The molecular weight excluding hydrogens is 455 g/mol. The molecule has 3 rings (SSSR count). The molecule has 0 aliphatic carbocycles. The number of alkyl carbamates (subject to hydrolysis) is 1. The van der Waals surface area contributed by atoms with E-state index in [0.717, 1.165) is 0 Å². The smallest absolute Gasteiger partial charge is 0.492 e. The van der Waals surface area contributed by atoms with Crippen molar-refractivity contribution >= 4 is 6.09 Å². The molecule has 2 aromatic carbocycles. The number of fused-ring (bicyclic) bond motifs is 1. The van der Waals surface area contributed by atoms with Gasteiger partial charge in [0.1, 0.15) is 24.2 Å². The lowest BCUT2D eigenvalue weighted by molar-refractivity contribution is -0.274. The normalized spacial score (nSPS) is 15.2. The van der Waals surface area contributed by atoms with Gasteiger partial charge in [0.2, 0.25) is 0 Å². The van der Waals surface area contributed by atoms with Crippen LogP contribution in [0.25, 0.3) is 11.1 Å². The zero-order valence-corrected chi connectivity index (χ0v) is 19.3. The molecule has 0 spiro atoms. The zero-order valence-electron chi connectivity index (χ0n) is 19.3. The van der Waals surface area contributed by atoms with Gasteiger partial charge in [0.15, 0.2) is 0 Å². The van der Waals surface area contributed by atoms with Crippen LogP contribution in [-0.2, 0) is 17.8 Å². The largest absolute Gasteiger partial charge is 0.573 e. The van der Waals surface area contributed by atoms with E-state index in [1.807, 2.05) is 0 Å². The van der Waals surface area contributed by atoms with E-state index >= 15 is 0 Å². The first-order valence-corrected chi connectivity index (χ1v) is 10.7. The minimum atomic E-state index is -4.80. The highest BCUT2D eigenvalue weighted by Crippen LogP contribution is 2.44. The molecule has 34 heavy (non-hydrogen) atoms. The summed E-state index contributed by atoms with van der Waals surface area (Å²) in [6.45, 7) is 6.97. The van der Waals surface area contributed by atoms with Crippen LogP contribution in [0.1, 0.15) is 50.5 Å². The van der Waals surface area contributed by atoms with Gasteiger partial charge in [-0.25, -0.2) is 4.79 Å². The Hall–Kier alpha value is -2.98. The summed E-state index contributed by atoms with van der Waals surface area (Å²) in [7, 11) is 0. The summed E-state index contributed by atoms with van der Waals surface area (Å²) in [6.07, 6.45) is -7.37. The molecule has 7 nitrogen and oxygen atoms in total. The Morgan fingerprint density at radius 3 is 2.38 bits per heavy atom. The minimum absolute atomic E-state index is 0.198. The van der Waals surface area contributed by atoms with Crippen LogP contribution in [0.15, 0.2) is 30.3 Å². The molecule has 1 aliphatic heterocycles. The van der Waals surface area contributed by atoms with Gasteiger partial charge in [-0.2, -0.15) is 0 Å². The van der Waals surface area contributed by atoms with Gasteiger partial charge in [0.05, 0.1) is 12.7 Å².